The van der Waals surface area contributed by atoms with E-state index < -0.39 is 0 Å². The Balaban J connectivity index is 2.07. The van der Waals surface area contributed by atoms with Gasteiger partial charge in [0.25, 0.3) is 5.91 Å². The number of ether oxygens (including phenoxy) is 2. The topological polar surface area (TPSA) is 82.4 Å². The maximum Gasteiger partial charge on any atom is 0.253 e. The summed E-state index contributed by atoms with van der Waals surface area (Å²) in [5, 5.41) is 11.4. The smallest absolute Gasteiger partial charge is 0.253 e. The van der Waals surface area contributed by atoms with Gasteiger partial charge in [-0.25, -0.2) is 4.68 Å². The number of carbonyl (C=O) groups excluding carboxylic acids is 1. The third kappa shape index (κ3) is 4.53. The molecule has 0 fully saturated rings. The van der Waals surface area contributed by atoms with Crippen LogP contribution in [0.25, 0.3) is 16.8 Å². The van der Waals surface area contributed by atoms with Gasteiger partial charge in [-0.1, -0.05) is 19.4 Å². The molecular weight excluding hydrogens is 370 g/mol. The second-order valence-corrected chi connectivity index (χ2v) is 6.67. The van der Waals surface area contributed by atoms with E-state index in [-0.39, 0.29) is 5.91 Å². The van der Waals surface area contributed by atoms with Gasteiger partial charge in [-0.2, -0.15) is 0 Å². The second kappa shape index (κ2) is 9.18. The van der Waals surface area contributed by atoms with E-state index in [4.69, 9.17) is 9.47 Å². The molecule has 152 valence electrons. The zero-order valence-electron chi connectivity index (χ0n) is 17.1. The van der Waals surface area contributed by atoms with Gasteiger partial charge in [0, 0.05) is 19.2 Å². The van der Waals surface area contributed by atoms with Crippen molar-refractivity contribution in [3.8, 4) is 28.3 Å². The lowest BCUT2D eigenvalue weighted by Crippen LogP contribution is -2.27. The molecule has 0 bridgehead atoms. The monoisotopic (exact) mass is 395 g/mol. The van der Waals surface area contributed by atoms with E-state index in [1.54, 1.807) is 25.2 Å². The molecule has 8 heteroatoms. The number of aromatic nitrogens is 4. The van der Waals surface area contributed by atoms with Crippen LogP contribution >= 0.6 is 0 Å². The molecule has 3 rings (SSSR count). The normalized spacial score (nSPS) is 10.6. The third-order valence-electron chi connectivity index (χ3n) is 4.69. The van der Waals surface area contributed by atoms with Crippen LogP contribution in [0.15, 0.2) is 42.7 Å². The van der Waals surface area contributed by atoms with E-state index >= 15 is 0 Å². The Labute approximate surface area is 170 Å². The number of methoxy groups -OCH3 is 2. The lowest BCUT2D eigenvalue weighted by molar-refractivity contribution is 0.0793. The highest BCUT2D eigenvalue weighted by Crippen LogP contribution is 2.33. The Morgan fingerprint density at radius 1 is 1.07 bits per heavy atom. The SMILES string of the molecule is CCCCN(C)C(=O)c1cc(-c2ccc(OC)c(OC)c2)cc(-n2cnnn2)c1. The standard InChI is InChI=1S/C21H25N5O3/c1-5-6-9-25(2)21(27)17-10-16(11-18(12-17)26-14-22-23-24-26)15-7-8-19(28-3)20(13-15)29-4/h7-8,10-14H,5-6,9H2,1-4H3. The molecule has 1 heterocycles. The first-order valence-electron chi connectivity index (χ1n) is 9.43. The molecule has 0 aliphatic heterocycles. The highest BCUT2D eigenvalue weighted by Gasteiger charge is 2.16. The summed E-state index contributed by atoms with van der Waals surface area (Å²) in [6, 6.07) is 11.3. The van der Waals surface area contributed by atoms with Crippen molar-refractivity contribution in [1.82, 2.24) is 25.1 Å². The van der Waals surface area contributed by atoms with Crippen LogP contribution in [0.4, 0.5) is 0 Å². The van der Waals surface area contributed by atoms with E-state index in [1.807, 2.05) is 37.4 Å². The summed E-state index contributed by atoms with van der Waals surface area (Å²) < 4.78 is 12.3. The molecule has 0 atom stereocenters. The van der Waals surface area contributed by atoms with E-state index in [0.717, 1.165) is 24.0 Å². The minimum absolute atomic E-state index is 0.0462. The molecule has 8 nitrogen and oxygen atoms in total. The summed E-state index contributed by atoms with van der Waals surface area (Å²) in [5.41, 5.74) is 3.02. The first-order valence-corrected chi connectivity index (χ1v) is 9.43. The zero-order chi connectivity index (χ0) is 20.8. The molecule has 0 aliphatic rings. The van der Waals surface area contributed by atoms with E-state index in [1.165, 1.54) is 11.0 Å². The maximum absolute atomic E-state index is 13.0. The first-order chi connectivity index (χ1) is 14.1. The lowest BCUT2D eigenvalue weighted by Gasteiger charge is -2.18. The van der Waals surface area contributed by atoms with E-state index in [2.05, 4.69) is 22.4 Å². The average molecular weight is 395 g/mol. The largest absolute Gasteiger partial charge is 0.493 e. The first kappa shape index (κ1) is 20.3. The number of hydrogen-bond donors (Lipinski definition) is 0. The van der Waals surface area contributed by atoms with E-state index in [0.29, 0.717) is 29.3 Å². The Bertz CT molecular complexity index is 972. The van der Waals surface area contributed by atoms with Crippen molar-refractivity contribution in [2.24, 2.45) is 0 Å². The van der Waals surface area contributed by atoms with Crippen molar-refractivity contribution >= 4 is 5.91 Å². The number of rotatable bonds is 8. The van der Waals surface area contributed by atoms with Crippen molar-refractivity contribution in [3.63, 3.8) is 0 Å². The summed E-state index contributed by atoms with van der Waals surface area (Å²) in [6.07, 6.45) is 3.49. The van der Waals surface area contributed by atoms with Gasteiger partial charge >= 0.3 is 0 Å². The molecule has 1 amide bonds. The number of tetrazole rings is 1. The van der Waals surface area contributed by atoms with Gasteiger partial charge in [-0.15, -0.1) is 5.10 Å². The molecule has 3 aromatic rings. The van der Waals surface area contributed by atoms with Crippen molar-refractivity contribution in [3.05, 3.63) is 48.3 Å². The van der Waals surface area contributed by atoms with Gasteiger partial charge in [0.05, 0.1) is 19.9 Å². The number of carbonyl (C=O) groups is 1. The minimum atomic E-state index is -0.0462. The van der Waals surface area contributed by atoms with Crippen LogP contribution in [0.1, 0.15) is 30.1 Å². The number of benzene rings is 2. The molecule has 0 unspecified atom stereocenters. The second-order valence-electron chi connectivity index (χ2n) is 6.67. The van der Waals surface area contributed by atoms with E-state index in [9.17, 15) is 4.79 Å². The fourth-order valence-electron chi connectivity index (χ4n) is 3.05. The van der Waals surface area contributed by atoms with Gasteiger partial charge in [0.1, 0.15) is 6.33 Å². The summed E-state index contributed by atoms with van der Waals surface area (Å²) in [5.74, 6) is 1.21. The Hall–Kier alpha value is -3.42. The van der Waals surface area contributed by atoms with Crippen molar-refractivity contribution in [2.45, 2.75) is 19.8 Å². The molecule has 0 saturated heterocycles. The van der Waals surface area contributed by atoms with Crippen LogP contribution in [0.5, 0.6) is 11.5 Å². The van der Waals surface area contributed by atoms with Crippen LogP contribution in [0.2, 0.25) is 0 Å². The van der Waals surface area contributed by atoms with Gasteiger partial charge < -0.3 is 14.4 Å². The molecule has 1 aromatic heterocycles. The number of amides is 1. The summed E-state index contributed by atoms with van der Waals surface area (Å²) in [7, 11) is 5.01. The Kier molecular flexibility index (Phi) is 6.43. The Morgan fingerprint density at radius 3 is 2.52 bits per heavy atom. The minimum Gasteiger partial charge on any atom is -0.493 e. The average Bonchev–Trinajstić information content (AvgIpc) is 3.31. The van der Waals surface area contributed by atoms with Gasteiger partial charge in [0.15, 0.2) is 11.5 Å². The molecule has 2 aromatic carbocycles. The van der Waals surface area contributed by atoms with Gasteiger partial charge in [-0.3, -0.25) is 4.79 Å². The third-order valence-corrected chi connectivity index (χ3v) is 4.69. The lowest BCUT2D eigenvalue weighted by atomic mass is 10.0. The molecule has 0 spiro atoms. The Morgan fingerprint density at radius 2 is 1.86 bits per heavy atom. The number of unbranched alkanes of at least 4 members (excludes halogenated alkanes) is 1. The number of hydrogen-bond acceptors (Lipinski definition) is 6. The van der Waals surface area contributed by atoms with Crippen molar-refractivity contribution < 1.29 is 14.3 Å². The van der Waals surface area contributed by atoms with Gasteiger partial charge in [-0.05, 0) is 58.3 Å². The van der Waals surface area contributed by atoms with Crippen molar-refractivity contribution in [1.29, 1.82) is 0 Å². The van der Waals surface area contributed by atoms with Crippen LogP contribution in [-0.2, 0) is 0 Å². The quantitative estimate of drug-likeness (QED) is 0.582. The summed E-state index contributed by atoms with van der Waals surface area (Å²) in [6.45, 7) is 2.81. The van der Waals surface area contributed by atoms with Crippen LogP contribution in [-0.4, -0.2) is 58.8 Å². The van der Waals surface area contributed by atoms with Crippen LogP contribution in [0, 0.1) is 0 Å². The highest BCUT2D eigenvalue weighted by atomic mass is 16.5. The summed E-state index contributed by atoms with van der Waals surface area (Å²) in [4.78, 5) is 14.7. The molecular formula is C21H25N5O3. The summed E-state index contributed by atoms with van der Waals surface area (Å²) >= 11 is 0. The predicted octanol–water partition coefficient (Wildman–Crippen LogP) is 3.22. The highest BCUT2D eigenvalue weighted by molar-refractivity contribution is 5.96. The maximum atomic E-state index is 13.0. The number of nitrogens with zero attached hydrogens (tertiary/aromatic N) is 5. The zero-order valence-corrected chi connectivity index (χ0v) is 17.1. The molecule has 0 aliphatic carbocycles. The van der Waals surface area contributed by atoms with Gasteiger partial charge in [0.2, 0.25) is 0 Å². The fourth-order valence-corrected chi connectivity index (χ4v) is 3.05. The molecule has 0 saturated carbocycles. The van der Waals surface area contributed by atoms with Crippen LogP contribution < -0.4 is 9.47 Å². The predicted molar refractivity (Wildman–Crippen MR) is 110 cm³/mol. The molecule has 0 N–H and O–H groups in total. The van der Waals surface area contributed by atoms with Crippen molar-refractivity contribution in [2.75, 3.05) is 27.8 Å². The molecule has 0 radical (unpaired) electrons. The van der Waals surface area contributed by atoms with Crippen LogP contribution in [0.3, 0.4) is 0 Å². The molecule has 29 heavy (non-hydrogen) atoms. The fraction of sp³-hybridized carbons (Fsp3) is 0.333.